The summed E-state index contributed by atoms with van der Waals surface area (Å²) in [4.78, 5) is 3.35. The van der Waals surface area contributed by atoms with Gasteiger partial charge in [-0.05, 0) is 0 Å². The summed E-state index contributed by atoms with van der Waals surface area (Å²) in [5, 5.41) is 0. The highest BCUT2D eigenvalue weighted by Gasteiger charge is 1.89. The van der Waals surface area contributed by atoms with E-state index in [2.05, 4.69) is 26.7 Å². The molecule has 0 aromatic carbocycles. The van der Waals surface area contributed by atoms with Crippen molar-refractivity contribution in [2.45, 2.75) is 0 Å². The van der Waals surface area contributed by atoms with Gasteiger partial charge in [-0.3, -0.25) is 0 Å². The minimum atomic E-state index is 0.264. The number of rotatable bonds is 1. The summed E-state index contributed by atoms with van der Waals surface area (Å²) in [6.45, 7) is 0. The number of methoxy groups -OCH3 is 1. The molecule has 0 aliphatic heterocycles. The summed E-state index contributed by atoms with van der Waals surface area (Å²) in [6, 6.07) is 0. The van der Waals surface area contributed by atoms with Crippen molar-refractivity contribution in [3.63, 3.8) is 0 Å². The van der Waals surface area contributed by atoms with Crippen LogP contribution in [-0.2, 0) is 0 Å². The van der Waals surface area contributed by atoms with E-state index in [1.165, 1.54) is 7.11 Å². The summed E-state index contributed by atoms with van der Waals surface area (Å²) in [7, 11) is 1.48. The Bertz CT molecular complexity index is 124. The average molecular weight is 97.1 g/mol. The zero-order valence-corrected chi connectivity index (χ0v) is 3.76. The van der Waals surface area contributed by atoms with Crippen molar-refractivity contribution in [3.05, 3.63) is 12.6 Å². The number of aromatic nitrogens is 1. The van der Waals surface area contributed by atoms with Gasteiger partial charge in [0.1, 0.15) is 0 Å². The molecule has 7 heavy (non-hydrogen) atoms. The quantitative estimate of drug-likeness (QED) is 0.505. The second kappa shape index (κ2) is 1.64. The van der Waals surface area contributed by atoms with E-state index in [-0.39, 0.29) is 5.95 Å². The van der Waals surface area contributed by atoms with Gasteiger partial charge in [0, 0.05) is 0 Å². The Kier molecular flexibility index (Phi) is 0.978. The van der Waals surface area contributed by atoms with E-state index in [0.29, 0.717) is 0 Å². The van der Waals surface area contributed by atoms with Crippen molar-refractivity contribution < 1.29 is 9.15 Å². The molecule has 0 saturated carbocycles. The van der Waals surface area contributed by atoms with Crippen molar-refractivity contribution in [2.75, 3.05) is 7.11 Å². The van der Waals surface area contributed by atoms with Gasteiger partial charge in [-0.25, -0.2) is 0 Å². The summed E-state index contributed by atoms with van der Waals surface area (Å²) >= 11 is 0. The second-order valence-electron chi connectivity index (χ2n) is 0.909. The SMILES string of the molecule is COc1[c]n[c]o1. The molecule has 3 heteroatoms. The Labute approximate surface area is 40.9 Å². The zero-order valence-electron chi connectivity index (χ0n) is 3.76. The van der Waals surface area contributed by atoms with E-state index in [9.17, 15) is 0 Å². The third-order valence-electron chi connectivity index (χ3n) is 0.517. The molecule has 0 N–H and O–H groups in total. The predicted octanol–water partition coefficient (Wildman–Crippen LogP) is 0.284. The average Bonchev–Trinajstić information content (AvgIpc) is 2.14. The van der Waals surface area contributed by atoms with Gasteiger partial charge in [-0.2, -0.15) is 4.98 Å². The first-order chi connectivity index (χ1) is 3.43. The van der Waals surface area contributed by atoms with Gasteiger partial charge >= 0.3 is 5.95 Å². The smallest absolute Gasteiger partial charge is 0.315 e. The van der Waals surface area contributed by atoms with Crippen molar-refractivity contribution in [1.82, 2.24) is 4.98 Å². The highest BCUT2D eigenvalue weighted by molar-refractivity contribution is 4.90. The Hall–Kier alpha value is -0.990. The van der Waals surface area contributed by atoms with E-state index in [1.807, 2.05) is 0 Å². The highest BCUT2D eigenvalue weighted by atomic mass is 16.6. The fraction of sp³-hybridized carbons (Fsp3) is 0.250. The molecule has 0 fully saturated rings. The van der Waals surface area contributed by atoms with E-state index in [4.69, 9.17) is 0 Å². The molecule has 0 amide bonds. The Morgan fingerprint density at radius 2 is 2.71 bits per heavy atom. The van der Waals surface area contributed by atoms with Gasteiger partial charge in [-0.15, -0.1) is 0 Å². The summed E-state index contributed by atoms with van der Waals surface area (Å²) in [5.74, 6) is 0.264. The fourth-order valence-electron chi connectivity index (χ4n) is 0.243. The van der Waals surface area contributed by atoms with E-state index < -0.39 is 0 Å². The molecule has 0 spiro atoms. The monoisotopic (exact) mass is 97.0 g/mol. The molecule has 1 aromatic rings. The molecule has 1 heterocycles. The Morgan fingerprint density at radius 1 is 1.86 bits per heavy atom. The van der Waals surface area contributed by atoms with Crippen LogP contribution >= 0.6 is 0 Å². The van der Waals surface area contributed by atoms with Crippen LogP contribution in [-0.4, -0.2) is 12.1 Å². The lowest BCUT2D eigenvalue weighted by Gasteiger charge is -1.83. The molecule has 0 atom stereocenters. The molecule has 3 nitrogen and oxygen atoms in total. The van der Waals surface area contributed by atoms with Crippen molar-refractivity contribution in [2.24, 2.45) is 0 Å². The molecule has 0 unspecified atom stereocenters. The van der Waals surface area contributed by atoms with Gasteiger partial charge in [-0.1, -0.05) is 0 Å². The lowest BCUT2D eigenvalue weighted by molar-refractivity contribution is 0.301. The number of hydrogen-bond donors (Lipinski definition) is 0. The number of nitrogens with zero attached hydrogens (tertiary/aromatic N) is 1. The van der Waals surface area contributed by atoms with Gasteiger partial charge in [0.25, 0.3) is 6.39 Å². The van der Waals surface area contributed by atoms with Gasteiger partial charge < -0.3 is 9.15 Å². The molecule has 0 saturated heterocycles. The molecule has 0 aliphatic carbocycles. The van der Waals surface area contributed by atoms with E-state index >= 15 is 0 Å². The van der Waals surface area contributed by atoms with Crippen LogP contribution < -0.4 is 4.74 Å². The molecule has 36 valence electrons. The number of oxazole rings is 1. The van der Waals surface area contributed by atoms with Crippen LogP contribution in [0.1, 0.15) is 0 Å². The summed E-state index contributed by atoms with van der Waals surface area (Å²) in [6.07, 6.45) is 4.57. The summed E-state index contributed by atoms with van der Waals surface area (Å²) < 4.78 is 9.01. The predicted molar refractivity (Wildman–Crippen MR) is 20.7 cm³/mol. The topological polar surface area (TPSA) is 35.3 Å². The van der Waals surface area contributed by atoms with Crippen molar-refractivity contribution in [3.8, 4) is 5.95 Å². The van der Waals surface area contributed by atoms with E-state index in [1.54, 1.807) is 0 Å². The third-order valence-corrected chi connectivity index (χ3v) is 0.517. The van der Waals surface area contributed by atoms with Crippen LogP contribution in [0.25, 0.3) is 0 Å². The van der Waals surface area contributed by atoms with Gasteiger partial charge in [0.2, 0.25) is 0 Å². The molecule has 2 radical (unpaired) electrons. The number of hydrogen-bond acceptors (Lipinski definition) is 3. The maximum atomic E-state index is 4.54. The first kappa shape index (κ1) is 4.18. The molecule has 0 bridgehead atoms. The lowest BCUT2D eigenvalue weighted by atomic mass is 10.9. The summed E-state index contributed by atoms with van der Waals surface area (Å²) in [5.41, 5.74) is 0. The van der Waals surface area contributed by atoms with Gasteiger partial charge in [0.15, 0.2) is 6.20 Å². The maximum absolute atomic E-state index is 4.54. The number of ether oxygens (including phenoxy) is 1. The zero-order chi connectivity index (χ0) is 5.11. The van der Waals surface area contributed by atoms with Crippen molar-refractivity contribution in [1.29, 1.82) is 0 Å². The Balaban J connectivity index is 2.76. The molecular formula is C4H3NO2. The molecule has 1 aromatic heterocycles. The first-order valence-corrected chi connectivity index (χ1v) is 1.72. The van der Waals surface area contributed by atoms with Crippen LogP contribution in [0.4, 0.5) is 0 Å². The van der Waals surface area contributed by atoms with Crippen LogP contribution in [0.3, 0.4) is 0 Å². The largest absolute Gasteiger partial charge is 0.467 e. The normalized spacial score (nSPS) is 8.71. The molecule has 1 rings (SSSR count). The Morgan fingerprint density at radius 3 is 3.00 bits per heavy atom. The van der Waals surface area contributed by atoms with Crippen molar-refractivity contribution >= 4 is 0 Å². The first-order valence-electron chi connectivity index (χ1n) is 1.72. The van der Waals surface area contributed by atoms with Crippen LogP contribution in [0.2, 0.25) is 0 Å². The minimum absolute atomic E-state index is 0.264. The minimum Gasteiger partial charge on any atom is -0.467 e. The fourth-order valence-corrected chi connectivity index (χ4v) is 0.243. The van der Waals surface area contributed by atoms with Crippen LogP contribution in [0.5, 0.6) is 5.95 Å². The van der Waals surface area contributed by atoms with Crippen LogP contribution in [0, 0.1) is 12.6 Å². The molecular weight excluding hydrogens is 94.0 g/mol. The second-order valence-corrected chi connectivity index (χ2v) is 0.909. The lowest BCUT2D eigenvalue weighted by Crippen LogP contribution is -1.75. The highest BCUT2D eigenvalue weighted by Crippen LogP contribution is 2.02. The van der Waals surface area contributed by atoms with Crippen LogP contribution in [0.15, 0.2) is 4.42 Å². The third kappa shape index (κ3) is 0.707. The molecule has 0 aliphatic rings. The standard InChI is InChI=1S/C4H3NO2/c1-6-4-2-5-3-7-4/h1H3. The maximum Gasteiger partial charge on any atom is 0.315 e. The van der Waals surface area contributed by atoms with E-state index in [0.717, 1.165) is 0 Å². The van der Waals surface area contributed by atoms with Gasteiger partial charge in [0.05, 0.1) is 7.11 Å².